The Morgan fingerprint density at radius 3 is 2.45 bits per heavy atom. The number of nitrogen functional groups attached to an aromatic ring is 1. The molecule has 0 heterocycles. The molecule has 0 spiro atoms. The number of rotatable bonds is 1. The molecule has 5 heteroatoms. The van der Waals surface area contributed by atoms with Crippen molar-refractivity contribution in [3.8, 4) is 5.75 Å². The molecular formula is C6H6F2N2O. The molecule has 11 heavy (non-hydrogen) atoms. The van der Waals surface area contributed by atoms with Gasteiger partial charge < -0.3 is 10.5 Å². The SMILES string of the molecule is NNc1cc(O)c(F)cc1F. The van der Waals surface area contributed by atoms with E-state index in [9.17, 15) is 8.78 Å². The van der Waals surface area contributed by atoms with E-state index in [0.29, 0.717) is 6.07 Å². The number of nitrogens with two attached hydrogens (primary N) is 1. The number of phenols is 1. The minimum absolute atomic E-state index is 0.149. The standard InChI is InChI=1S/C6H6F2N2O/c7-3-1-4(8)6(11)2-5(3)10-9/h1-2,10-11H,9H2. The van der Waals surface area contributed by atoms with Crippen molar-refractivity contribution in [3.63, 3.8) is 0 Å². The van der Waals surface area contributed by atoms with Gasteiger partial charge in [0, 0.05) is 12.1 Å². The lowest BCUT2D eigenvalue weighted by molar-refractivity contribution is 0.428. The second-order valence-corrected chi connectivity index (χ2v) is 1.93. The van der Waals surface area contributed by atoms with Crippen molar-refractivity contribution >= 4 is 5.69 Å². The van der Waals surface area contributed by atoms with E-state index in [1.54, 1.807) is 0 Å². The fourth-order valence-corrected chi connectivity index (χ4v) is 0.648. The van der Waals surface area contributed by atoms with Gasteiger partial charge in [-0.1, -0.05) is 0 Å². The number of hydrogen-bond donors (Lipinski definition) is 3. The monoisotopic (exact) mass is 160 g/mol. The van der Waals surface area contributed by atoms with Crippen molar-refractivity contribution in [2.75, 3.05) is 5.43 Å². The van der Waals surface area contributed by atoms with E-state index in [0.717, 1.165) is 6.07 Å². The molecule has 60 valence electrons. The summed E-state index contributed by atoms with van der Waals surface area (Å²) in [5, 5.41) is 8.72. The summed E-state index contributed by atoms with van der Waals surface area (Å²) >= 11 is 0. The molecular weight excluding hydrogens is 154 g/mol. The maximum absolute atomic E-state index is 12.5. The first kappa shape index (κ1) is 7.74. The summed E-state index contributed by atoms with van der Waals surface area (Å²) < 4.78 is 24.9. The average molecular weight is 160 g/mol. The number of phenolic OH excluding ortho intramolecular Hbond substituents is 1. The third kappa shape index (κ3) is 1.38. The molecule has 3 nitrogen and oxygen atoms in total. The van der Waals surface area contributed by atoms with Crippen LogP contribution < -0.4 is 11.3 Å². The molecule has 1 rings (SSSR count). The normalized spacial score (nSPS) is 9.73. The zero-order valence-electron chi connectivity index (χ0n) is 5.44. The zero-order valence-corrected chi connectivity index (χ0v) is 5.44. The lowest BCUT2D eigenvalue weighted by Crippen LogP contribution is -2.08. The highest BCUT2D eigenvalue weighted by atomic mass is 19.1. The van der Waals surface area contributed by atoms with Crippen molar-refractivity contribution < 1.29 is 13.9 Å². The van der Waals surface area contributed by atoms with E-state index in [-0.39, 0.29) is 5.69 Å². The summed E-state index contributed by atoms with van der Waals surface area (Å²) in [6, 6.07) is 1.41. The van der Waals surface area contributed by atoms with Gasteiger partial charge in [-0.3, -0.25) is 5.84 Å². The molecule has 0 aromatic heterocycles. The number of benzene rings is 1. The second-order valence-electron chi connectivity index (χ2n) is 1.93. The lowest BCUT2D eigenvalue weighted by Gasteiger charge is -2.02. The molecule has 0 bridgehead atoms. The topological polar surface area (TPSA) is 58.3 Å². The van der Waals surface area contributed by atoms with Gasteiger partial charge in [-0.05, 0) is 0 Å². The summed E-state index contributed by atoms with van der Waals surface area (Å²) in [6.45, 7) is 0. The van der Waals surface area contributed by atoms with Crippen LogP contribution in [-0.4, -0.2) is 5.11 Å². The van der Waals surface area contributed by atoms with E-state index < -0.39 is 17.4 Å². The molecule has 1 aromatic carbocycles. The quantitative estimate of drug-likeness (QED) is 0.423. The molecule has 0 aliphatic carbocycles. The molecule has 0 radical (unpaired) electrons. The molecule has 0 saturated heterocycles. The van der Waals surface area contributed by atoms with Crippen molar-refractivity contribution in [2.24, 2.45) is 5.84 Å². The van der Waals surface area contributed by atoms with Gasteiger partial charge in [0.15, 0.2) is 17.4 Å². The Labute approximate surface area is 61.4 Å². The fraction of sp³-hybridized carbons (Fsp3) is 0. The first-order valence-electron chi connectivity index (χ1n) is 2.79. The fourth-order valence-electron chi connectivity index (χ4n) is 0.648. The summed E-state index contributed by atoms with van der Waals surface area (Å²) in [4.78, 5) is 0. The van der Waals surface area contributed by atoms with Gasteiger partial charge in [-0.25, -0.2) is 8.78 Å². The Bertz CT molecular complexity index is 278. The van der Waals surface area contributed by atoms with E-state index in [4.69, 9.17) is 10.9 Å². The molecule has 4 N–H and O–H groups in total. The Kier molecular flexibility index (Phi) is 1.91. The van der Waals surface area contributed by atoms with Crippen molar-refractivity contribution in [1.29, 1.82) is 0 Å². The number of anilines is 1. The zero-order chi connectivity index (χ0) is 8.43. The highest BCUT2D eigenvalue weighted by molar-refractivity contribution is 5.48. The smallest absolute Gasteiger partial charge is 0.167 e. The van der Waals surface area contributed by atoms with Crippen LogP contribution >= 0.6 is 0 Å². The Hall–Kier alpha value is -1.36. The van der Waals surface area contributed by atoms with Crippen LogP contribution in [0.25, 0.3) is 0 Å². The third-order valence-corrected chi connectivity index (χ3v) is 1.19. The Balaban J connectivity index is 3.21. The average Bonchev–Trinajstić information content (AvgIpc) is 1.97. The highest BCUT2D eigenvalue weighted by Gasteiger charge is 2.06. The number of halogens is 2. The summed E-state index contributed by atoms with van der Waals surface area (Å²) in [6.07, 6.45) is 0. The van der Waals surface area contributed by atoms with Crippen LogP contribution in [-0.2, 0) is 0 Å². The summed E-state index contributed by atoms with van der Waals surface area (Å²) in [7, 11) is 0. The van der Waals surface area contributed by atoms with Crippen LogP contribution in [0.3, 0.4) is 0 Å². The number of aromatic hydroxyl groups is 1. The van der Waals surface area contributed by atoms with E-state index in [2.05, 4.69) is 0 Å². The van der Waals surface area contributed by atoms with Crippen LogP contribution in [0.15, 0.2) is 12.1 Å². The molecule has 0 fully saturated rings. The highest BCUT2D eigenvalue weighted by Crippen LogP contribution is 2.22. The molecule has 0 saturated carbocycles. The molecule has 0 atom stereocenters. The molecule has 0 amide bonds. The second kappa shape index (κ2) is 2.71. The van der Waals surface area contributed by atoms with E-state index in [1.165, 1.54) is 0 Å². The van der Waals surface area contributed by atoms with Gasteiger partial charge in [0.25, 0.3) is 0 Å². The number of hydrazine groups is 1. The van der Waals surface area contributed by atoms with Gasteiger partial charge >= 0.3 is 0 Å². The molecule has 0 unspecified atom stereocenters. The van der Waals surface area contributed by atoms with Crippen LogP contribution in [0.5, 0.6) is 5.75 Å². The van der Waals surface area contributed by atoms with Gasteiger partial charge in [-0.2, -0.15) is 0 Å². The van der Waals surface area contributed by atoms with Crippen LogP contribution in [0.2, 0.25) is 0 Å². The minimum Gasteiger partial charge on any atom is -0.505 e. The predicted molar refractivity (Wildman–Crippen MR) is 35.8 cm³/mol. The molecule has 0 aliphatic heterocycles. The van der Waals surface area contributed by atoms with Crippen LogP contribution in [0.1, 0.15) is 0 Å². The van der Waals surface area contributed by atoms with Gasteiger partial charge in [0.2, 0.25) is 0 Å². The van der Waals surface area contributed by atoms with Gasteiger partial charge in [-0.15, -0.1) is 0 Å². The van der Waals surface area contributed by atoms with Crippen molar-refractivity contribution in [3.05, 3.63) is 23.8 Å². The summed E-state index contributed by atoms with van der Waals surface area (Å²) in [5.41, 5.74) is 1.81. The molecule has 0 aliphatic rings. The van der Waals surface area contributed by atoms with Crippen LogP contribution in [0, 0.1) is 11.6 Å². The Morgan fingerprint density at radius 2 is 1.91 bits per heavy atom. The number of hydrogen-bond acceptors (Lipinski definition) is 3. The number of nitrogens with one attached hydrogen (secondary N) is 1. The maximum atomic E-state index is 12.5. The predicted octanol–water partition coefficient (Wildman–Crippen LogP) is 0.956. The van der Waals surface area contributed by atoms with Gasteiger partial charge in [0.05, 0.1) is 5.69 Å². The van der Waals surface area contributed by atoms with E-state index >= 15 is 0 Å². The first-order chi connectivity index (χ1) is 5.15. The van der Waals surface area contributed by atoms with Crippen molar-refractivity contribution in [2.45, 2.75) is 0 Å². The largest absolute Gasteiger partial charge is 0.505 e. The minimum atomic E-state index is -1.01. The molecule has 1 aromatic rings. The third-order valence-electron chi connectivity index (χ3n) is 1.19. The first-order valence-corrected chi connectivity index (χ1v) is 2.79. The van der Waals surface area contributed by atoms with Gasteiger partial charge in [0.1, 0.15) is 0 Å². The van der Waals surface area contributed by atoms with Crippen molar-refractivity contribution in [1.82, 2.24) is 0 Å². The maximum Gasteiger partial charge on any atom is 0.167 e. The lowest BCUT2D eigenvalue weighted by atomic mass is 10.3. The van der Waals surface area contributed by atoms with E-state index in [1.807, 2.05) is 5.43 Å². The Morgan fingerprint density at radius 1 is 1.27 bits per heavy atom. The summed E-state index contributed by atoms with van der Waals surface area (Å²) in [5.74, 6) is 2.35. The van der Waals surface area contributed by atoms with Crippen LogP contribution in [0.4, 0.5) is 14.5 Å².